The monoisotopic (exact) mass is 980 g/mol. The number of imide groups is 1. The summed E-state index contributed by atoms with van der Waals surface area (Å²) >= 11 is 0. The van der Waals surface area contributed by atoms with Crippen LogP contribution in [0.4, 0.5) is 20.3 Å². The molecule has 72 heavy (non-hydrogen) atoms. The lowest BCUT2D eigenvalue weighted by atomic mass is 9.57. The first-order valence-electron chi connectivity index (χ1n) is 26.4. The van der Waals surface area contributed by atoms with Gasteiger partial charge in [0.15, 0.2) is 5.82 Å². The number of ether oxygens (including phenoxy) is 1. The molecule has 3 aromatic heterocycles. The Morgan fingerprint density at radius 2 is 1.64 bits per heavy atom. The van der Waals surface area contributed by atoms with Gasteiger partial charge in [0.25, 0.3) is 5.91 Å². The number of piperidine rings is 2. The quantitative estimate of drug-likeness (QED) is 0.107. The summed E-state index contributed by atoms with van der Waals surface area (Å²) in [6, 6.07) is 12.8. The Morgan fingerprint density at radius 1 is 0.847 bits per heavy atom. The average Bonchev–Trinajstić information content (AvgIpc) is 3.88. The number of rotatable bonds is 12. The van der Waals surface area contributed by atoms with Crippen LogP contribution in [0.15, 0.2) is 54.9 Å². The summed E-state index contributed by atoms with van der Waals surface area (Å²) in [6.07, 6.45) is 14.0. The van der Waals surface area contributed by atoms with E-state index in [1.807, 2.05) is 13.1 Å². The topological polar surface area (TPSA) is 157 Å². The lowest BCUT2D eigenvalue weighted by molar-refractivity contribution is -0.135. The Hall–Kier alpha value is -6.04. The highest BCUT2D eigenvalue weighted by molar-refractivity contribution is 6.02. The normalized spacial score (nSPS) is 24.4. The number of pyridine rings is 1. The van der Waals surface area contributed by atoms with Gasteiger partial charge >= 0.3 is 6.01 Å². The number of hydrogen-bond acceptors (Lipinski definition) is 13. The van der Waals surface area contributed by atoms with Crippen LogP contribution in [0.3, 0.4) is 0 Å². The standard InChI is InChI=1S/C55H63F2N11O4/c1-2-40-43(56)7-3-34-22-39(69)23-41(47(34)40)49-48(57)50-42(27-58-49)51(67-29-36-4-5-37(30-67)60-36)63-53(62-50)72-32-55(11-12-55)31-65-15-13-54(14-16-65)24-33(25-54)28-64-17-19-66(20-18-64)38-6-8-44-35(21-38)26-59-68(44)45-9-10-46(70)61-52(45)71/h3,6-8,21-23,26-27,33,36-37,45,60,69H,2,4-5,9-20,24-25,28-32H2,1H3,(H,61,70,71). The molecule has 376 valence electrons. The highest BCUT2D eigenvalue weighted by atomic mass is 19.1. The SMILES string of the molecule is CCc1c(F)ccc2cc(O)cc(-c3ncc4c(N5CC6CCC(C5)N6)nc(OCC5(CN6CCC7(CC6)CC(CN6CCN(c8ccc9c(cnn9C9CCC(=O)NC9=O)c8)CC6)C7)CC5)nc4c3F)c12. The molecule has 2 bridgehead atoms. The molecule has 17 heteroatoms. The molecule has 2 saturated carbocycles. The average molecular weight is 980 g/mol. The first kappa shape index (κ1) is 45.8. The molecule has 5 saturated heterocycles. The second kappa shape index (κ2) is 17.9. The van der Waals surface area contributed by atoms with E-state index < -0.39 is 11.9 Å². The summed E-state index contributed by atoms with van der Waals surface area (Å²) < 4.78 is 40.7. The van der Waals surface area contributed by atoms with Crippen molar-refractivity contribution < 1.29 is 28.2 Å². The Bertz CT molecular complexity index is 3110. The molecule has 7 fully saturated rings. The Morgan fingerprint density at radius 3 is 2.39 bits per heavy atom. The molecule has 3 atom stereocenters. The van der Waals surface area contributed by atoms with Crippen LogP contribution in [0.5, 0.6) is 11.8 Å². The van der Waals surface area contributed by atoms with Crippen molar-refractivity contribution in [1.29, 1.82) is 0 Å². The molecule has 5 aliphatic heterocycles. The zero-order chi connectivity index (χ0) is 48.9. The number of fused-ring (bicyclic) bond motifs is 5. The highest BCUT2D eigenvalue weighted by Crippen LogP contribution is 2.54. The summed E-state index contributed by atoms with van der Waals surface area (Å²) in [5.74, 6) is -0.218. The molecule has 13 rings (SSSR count). The summed E-state index contributed by atoms with van der Waals surface area (Å²) in [4.78, 5) is 48.6. The fourth-order valence-electron chi connectivity index (χ4n) is 13.6. The van der Waals surface area contributed by atoms with Crippen molar-refractivity contribution in [2.24, 2.45) is 16.7 Å². The summed E-state index contributed by atoms with van der Waals surface area (Å²) in [7, 11) is 0. The minimum Gasteiger partial charge on any atom is -0.508 e. The number of aryl methyl sites for hydroxylation is 1. The molecular weight excluding hydrogens is 917 g/mol. The summed E-state index contributed by atoms with van der Waals surface area (Å²) in [5.41, 5.74) is 3.44. The van der Waals surface area contributed by atoms with Gasteiger partial charge in [-0.15, -0.1) is 0 Å². The van der Waals surface area contributed by atoms with E-state index >= 15 is 8.78 Å². The number of phenols is 1. The number of benzene rings is 3. The number of likely N-dealkylation sites (tertiary alicyclic amines) is 1. The zero-order valence-corrected chi connectivity index (χ0v) is 41.0. The van der Waals surface area contributed by atoms with Crippen molar-refractivity contribution in [3.8, 4) is 23.0 Å². The predicted octanol–water partition coefficient (Wildman–Crippen LogP) is 7.13. The second-order valence-electron chi connectivity index (χ2n) is 22.5. The van der Waals surface area contributed by atoms with E-state index in [1.54, 1.807) is 23.0 Å². The molecule has 1 spiro atoms. The van der Waals surface area contributed by atoms with E-state index in [9.17, 15) is 14.7 Å². The number of carbonyl (C=O) groups is 2. The maximum absolute atomic E-state index is 17.2. The third kappa shape index (κ3) is 8.38. The summed E-state index contributed by atoms with van der Waals surface area (Å²) in [5, 5.41) is 24.1. The van der Waals surface area contributed by atoms with Crippen molar-refractivity contribution >= 4 is 55.9 Å². The third-order valence-electron chi connectivity index (χ3n) is 17.6. The van der Waals surface area contributed by atoms with Crippen molar-refractivity contribution in [2.75, 3.05) is 81.9 Å². The number of anilines is 2. The number of nitrogens with one attached hydrogen (secondary N) is 2. The van der Waals surface area contributed by atoms with Crippen molar-refractivity contribution in [1.82, 2.24) is 45.2 Å². The van der Waals surface area contributed by atoms with E-state index in [0.29, 0.717) is 76.5 Å². The van der Waals surface area contributed by atoms with Crippen LogP contribution in [-0.4, -0.2) is 136 Å². The number of phenolic OH excluding ortho intramolecular Hbond substituents is 1. The van der Waals surface area contributed by atoms with Gasteiger partial charge in [-0.3, -0.25) is 29.5 Å². The molecule has 2 amide bonds. The van der Waals surface area contributed by atoms with E-state index in [4.69, 9.17) is 14.7 Å². The second-order valence-corrected chi connectivity index (χ2v) is 22.5. The van der Waals surface area contributed by atoms with E-state index in [0.717, 1.165) is 101 Å². The number of nitrogens with zero attached hydrogens (tertiary/aromatic N) is 9. The highest BCUT2D eigenvalue weighted by Gasteiger charge is 2.50. The van der Waals surface area contributed by atoms with Crippen molar-refractivity contribution in [3.05, 3.63) is 72.1 Å². The van der Waals surface area contributed by atoms with Gasteiger partial charge in [0.1, 0.15) is 34.6 Å². The first-order valence-corrected chi connectivity index (χ1v) is 26.4. The molecule has 3 aromatic carbocycles. The molecule has 0 radical (unpaired) electrons. The van der Waals surface area contributed by atoms with Crippen LogP contribution >= 0.6 is 0 Å². The number of aromatic hydroxyl groups is 1. The fourth-order valence-corrected chi connectivity index (χ4v) is 13.6. The maximum Gasteiger partial charge on any atom is 0.319 e. The molecule has 3 N–H and O–H groups in total. The lowest BCUT2D eigenvalue weighted by Gasteiger charge is -2.54. The van der Waals surface area contributed by atoms with E-state index in [1.165, 1.54) is 50.0 Å². The molecule has 2 aliphatic carbocycles. The Labute approximate surface area is 417 Å². The number of halogens is 2. The maximum atomic E-state index is 17.2. The number of piperazine rings is 2. The zero-order valence-electron chi connectivity index (χ0n) is 41.0. The van der Waals surface area contributed by atoms with Crippen molar-refractivity contribution in [3.63, 3.8) is 0 Å². The van der Waals surface area contributed by atoms with E-state index in [-0.39, 0.29) is 46.0 Å². The van der Waals surface area contributed by atoms with Crippen LogP contribution in [-0.2, 0) is 16.0 Å². The minimum atomic E-state index is -0.646. The van der Waals surface area contributed by atoms with Crippen LogP contribution in [0.2, 0.25) is 0 Å². The minimum absolute atomic E-state index is 0.00424. The van der Waals surface area contributed by atoms with Gasteiger partial charge in [-0.1, -0.05) is 13.0 Å². The van der Waals surface area contributed by atoms with Crippen LogP contribution in [0.1, 0.15) is 82.7 Å². The molecular formula is C55H63F2N11O4. The van der Waals surface area contributed by atoms with Crippen LogP contribution in [0.25, 0.3) is 43.8 Å². The smallest absolute Gasteiger partial charge is 0.319 e. The first-order chi connectivity index (χ1) is 35.0. The molecule has 6 aromatic rings. The van der Waals surface area contributed by atoms with Gasteiger partial charge in [-0.25, -0.2) is 8.78 Å². The Balaban J connectivity index is 0.633. The molecule has 7 aliphatic rings. The van der Waals surface area contributed by atoms with E-state index in [2.05, 4.69) is 58.5 Å². The Kier molecular flexibility index (Phi) is 11.4. The van der Waals surface area contributed by atoms with Crippen LogP contribution in [0, 0.1) is 28.4 Å². The number of hydrogen-bond donors (Lipinski definition) is 3. The van der Waals surface area contributed by atoms with Gasteiger partial charge in [0, 0.05) is 99.1 Å². The predicted molar refractivity (Wildman–Crippen MR) is 271 cm³/mol. The molecule has 3 unspecified atom stereocenters. The van der Waals surface area contributed by atoms with Gasteiger partial charge in [-0.2, -0.15) is 15.1 Å². The van der Waals surface area contributed by atoms with Gasteiger partial charge in [-0.05, 0) is 141 Å². The number of aromatic nitrogens is 5. The van der Waals surface area contributed by atoms with Gasteiger partial charge in [0.05, 0.1) is 23.7 Å². The fraction of sp³-hybridized carbons (Fsp3) is 0.527. The largest absolute Gasteiger partial charge is 0.508 e. The van der Waals surface area contributed by atoms with Crippen molar-refractivity contribution in [2.45, 2.75) is 95.7 Å². The molecule has 8 heterocycles. The van der Waals surface area contributed by atoms with Crippen LogP contribution < -0.4 is 25.2 Å². The molecule has 15 nitrogen and oxygen atoms in total. The lowest BCUT2D eigenvalue weighted by Crippen LogP contribution is -2.53. The van der Waals surface area contributed by atoms with Gasteiger partial charge < -0.3 is 29.9 Å². The third-order valence-corrected chi connectivity index (χ3v) is 17.6. The van der Waals surface area contributed by atoms with Gasteiger partial charge in [0.2, 0.25) is 5.91 Å². The summed E-state index contributed by atoms with van der Waals surface area (Å²) in [6.45, 7) is 12.2. The number of amides is 2. The number of carbonyl (C=O) groups excluding carboxylic acids is 2.